The van der Waals surface area contributed by atoms with Crippen molar-refractivity contribution in [2.75, 3.05) is 26.2 Å². The van der Waals surface area contributed by atoms with Crippen LogP contribution in [0.1, 0.15) is 11.5 Å². The third-order valence-corrected chi connectivity index (χ3v) is 6.28. The molecule has 1 aliphatic heterocycles. The summed E-state index contributed by atoms with van der Waals surface area (Å²) in [7, 11) is -3.73. The van der Waals surface area contributed by atoms with Gasteiger partial charge in [-0.3, -0.25) is 4.90 Å². The van der Waals surface area contributed by atoms with Crippen LogP contribution in [0.5, 0.6) is 0 Å². The van der Waals surface area contributed by atoms with E-state index >= 15 is 0 Å². The molecular formula is C15H17ClFN3O3S. The minimum absolute atomic E-state index is 0.0649. The molecule has 0 bridgehead atoms. The first-order chi connectivity index (χ1) is 11.4. The van der Waals surface area contributed by atoms with Crippen LogP contribution >= 0.6 is 11.6 Å². The molecule has 0 radical (unpaired) electrons. The average molecular weight is 374 g/mol. The fourth-order valence-corrected chi connectivity index (χ4v) is 4.59. The predicted molar refractivity (Wildman–Crippen MR) is 86.7 cm³/mol. The van der Waals surface area contributed by atoms with Crippen molar-refractivity contribution in [3.8, 4) is 0 Å². The van der Waals surface area contributed by atoms with Crippen LogP contribution in [-0.4, -0.2) is 49.0 Å². The maximum Gasteiger partial charge on any atom is 0.244 e. The van der Waals surface area contributed by atoms with Crippen LogP contribution in [0.4, 0.5) is 4.39 Å². The average Bonchev–Trinajstić information content (AvgIpc) is 2.92. The standard InChI is InChI=1S/C15H17ClFN3O3S/c1-11-8-13(23-18-11)10-19-4-6-20(7-5-19)24(21,22)15-3-2-12(17)9-14(15)16/h2-3,8-9H,4-7,10H2,1H3. The molecule has 1 fully saturated rings. The van der Waals surface area contributed by atoms with Gasteiger partial charge in [-0.25, -0.2) is 12.8 Å². The molecule has 0 unspecified atom stereocenters. The summed E-state index contributed by atoms with van der Waals surface area (Å²) in [6.07, 6.45) is 0. The van der Waals surface area contributed by atoms with Crippen molar-refractivity contribution in [2.24, 2.45) is 0 Å². The van der Waals surface area contributed by atoms with Crippen LogP contribution in [0.25, 0.3) is 0 Å². The van der Waals surface area contributed by atoms with Crippen LogP contribution < -0.4 is 0 Å². The summed E-state index contributed by atoms with van der Waals surface area (Å²) in [5, 5.41) is 3.74. The van der Waals surface area contributed by atoms with Gasteiger partial charge in [0.2, 0.25) is 10.0 Å². The summed E-state index contributed by atoms with van der Waals surface area (Å²) in [6.45, 7) is 4.25. The molecule has 0 spiro atoms. The first-order valence-electron chi connectivity index (χ1n) is 7.46. The molecule has 0 atom stereocenters. The Balaban J connectivity index is 1.67. The minimum Gasteiger partial charge on any atom is -0.360 e. The molecule has 0 N–H and O–H groups in total. The number of nitrogens with zero attached hydrogens (tertiary/aromatic N) is 3. The number of hydrogen-bond donors (Lipinski definition) is 0. The van der Waals surface area contributed by atoms with Gasteiger partial charge in [-0.2, -0.15) is 4.31 Å². The van der Waals surface area contributed by atoms with Crippen molar-refractivity contribution in [2.45, 2.75) is 18.4 Å². The van der Waals surface area contributed by atoms with Crippen molar-refractivity contribution in [1.29, 1.82) is 0 Å². The normalized spacial score (nSPS) is 17.3. The third kappa shape index (κ3) is 3.61. The largest absolute Gasteiger partial charge is 0.360 e. The van der Waals surface area contributed by atoms with E-state index in [9.17, 15) is 12.8 Å². The van der Waals surface area contributed by atoms with Gasteiger partial charge in [-0.05, 0) is 25.1 Å². The Hall–Kier alpha value is -1.48. The van der Waals surface area contributed by atoms with Crippen molar-refractivity contribution < 1.29 is 17.3 Å². The second-order valence-corrected chi connectivity index (χ2v) is 8.00. The van der Waals surface area contributed by atoms with E-state index < -0.39 is 15.8 Å². The molecular weight excluding hydrogens is 357 g/mol. The second kappa shape index (κ2) is 6.79. The summed E-state index contributed by atoms with van der Waals surface area (Å²) < 4.78 is 45.0. The van der Waals surface area contributed by atoms with E-state index in [0.29, 0.717) is 32.7 Å². The number of hydrogen-bond acceptors (Lipinski definition) is 5. The lowest BCUT2D eigenvalue weighted by molar-refractivity contribution is 0.166. The molecule has 1 aliphatic rings. The molecule has 1 aromatic heterocycles. The Morgan fingerprint density at radius 2 is 1.96 bits per heavy atom. The Bertz CT molecular complexity index is 832. The monoisotopic (exact) mass is 373 g/mol. The molecule has 9 heteroatoms. The molecule has 0 aliphatic carbocycles. The Kier molecular flexibility index (Phi) is 4.91. The Morgan fingerprint density at radius 3 is 2.54 bits per heavy atom. The number of sulfonamides is 1. The summed E-state index contributed by atoms with van der Waals surface area (Å²) in [4.78, 5) is 2.03. The SMILES string of the molecule is Cc1cc(CN2CCN(S(=O)(=O)c3ccc(F)cc3Cl)CC2)on1. The van der Waals surface area contributed by atoms with E-state index in [0.717, 1.165) is 23.6 Å². The zero-order chi connectivity index (χ0) is 17.3. The number of aromatic nitrogens is 1. The zero-order valence-electron chi connectivity index (χ0n) is 13.1. The molecule has 3 rings (SSSR count). The molecule has 0 saturated carbocycles. The number of aryl methyl sites for hydroxylation is 1. The fraction of sp³-hybridized carbons (Fsp3) is 0.400. The van der Waals surface area contributed by atoms with Crippen LogP contribution in [-0.2, 0) is 16.6 Å². The van der Waals surface area contributed by atoms with Gasteiger partial charge in [0.15, 0.2) is 5.76 Å². The molecule has 0 amide bonds. The molecule has 2 heterocycles. The first kappa shape index (κ1) is 17.3. The lowest BCUT2D eigenvalue weighted by atomic mass is 10.3. The number of halogens is 2. The van der Waals surface area contributed by atoms with Gasteiger partial charge in [0.1, 0.15) is 10.7 Å². The topological polar surface area (TPSA) is 66.7 Å². The van der Waals surface area contributed by atoms with E-state index in [1.165, 1.54) is 10.4 Å². The number of benzene rings is 1. The van der Waals surface area contributed by atoms with Crippen molar-refractivity contribution in [1.82, 2.24) is 14.4 Å². The quantitative estimate of drug-likeness (QED) is 0.822. The van der Waals surface area contributed by atoms with Crippen LogP contribution in [0.3, 0.4) is 0 Å². The van der Waals surface area contributed by atoms with Crippen molar-refractivity contribution in [3.63, 3.8) is 0 Å². The lowest BCUT2D eigenvalue weighted by Gasteiger charge is -2.33. The highest BCUT2D eigenvalue weighted by Gasteiger charge is 2.30. The summed E-state index contributed by atoms with van der Waals surface area (Å²) in [5.41, 5.74) is 0.817. The molecule has 24 heavy (non-hydrogen) atoms. The van der Waals surface area contributed by atoms with Gasteiger partial charge in [0, 0.05) is 32.2 Å². The van der Waals surface area contributed by atoms with Crippen LogP contribution in [0.15, 0.2) is 33.7 Å². The van der Waals surface area contributed by atoms with Gasteiger partial charge >= 0.3 is 0 Å². The van der Waals surface area contributed by atoms with E-state index in [-0.39, 0.29) is 9.92 Å². The van der Waals surface area contributed by atoms with Crippen LogP contribution in [0, 0.1) is 12.7 Å². The maximum atomic E-state index is 13.1. The highest BCUT2D eigenvalue weighted by atomic mass is 35.5. The van der Waals surface area contributed by atoms with E-state index in [4.69, 9.17) is 16.1 Å². The first-order valence-corrected chi connectivity index (χ1v) is 9.28. The number of piperazine rings is 1. The molecule has 1 saturated heterocycles. The van der Waals surface area contributed by atoms with Gasteiger partial charge in [-0.1, -0.05) is 16.8 Å². The molecule has 2 aromatic rings. The fourth-order valence-electron chi connectivity index (χ4n) is 2.66. The van der Waals surface area contributed by atoms with Gasteiger partial charge in [-0.15, -0.1) is 0 Å². The van der Waals surface area contributed by atoms with E-state index in [1.54, 1.807) is 0 Å². The van der Waals surface area contributed by atoms with Crippen molar-refractivity contribution in [3.05, 3.63) is 46.6 Å². The number of rotatable bonds is 4. The molecule has 1 aromatic carbocycles. The van der Waals surface area contributed by atoms with Gasteiger partial charge < -0.3 is 4.52 Å². The molecule has 6 nitrogen and oxygen atoms in total. The third-order valence-electron chi connectivity index (χ3n) is 3.90. The predicted octanol–water partition coefficient (Wildman–Crippen LogP) is 2.28. The Labute approximate surface area is 144 Å². The summed E-state index contributed by atoms with van der Waals surface area (Å²) in [6, 6.07) is 5.18. The summed E-state index contributed by atoms with van der Waals surface area (Å²) >= 11 is 5.90. The summed E-state index contributed by atoms with van der Waals surface area (Å²) in [5.74, 6) is 0.191. The van der Waals surface area contributed by atoms with Gasteiger partial charge in [0.25, 0.3) is 0 Å². The van der Waals surface area contributed by atoms with E-state index in [1.807, 2.05) is 13.0 Å². The highest BCUT2D eigenvalue weighted by Crippen LogP contribution is 2.26. The Morgan fingerprint density at radius 1 is 1.25 bits per heavy atom. The van der Waals surface area contributed by atoms with Crippen molar-refractivity contribution >= 4 is 21.6 Å². The van der Waals surface area contributed by atoms with Crippen LogP contribution in [0.2, 0.25) is 5.02 Å². The smallest absolute Gasteiger partial charge is 0.244 e. The van der Waals surface area contributed by atoms with Gasteiger partial charge in [0.05, 0.1) is 17.3 Å². The second-order valence-electron chi connectivity index (χ2n) is 5.69. The highest BCUT2D eigenvalue weighted by molar-refractivity contribution is 7.89. The minimum atomic E-state index is -3.73. The maximum absolute atomic E-state index is 13.1. The van der Waals surface area contributed by atoms with E-state index in [2.05, 4.69) is 10.1 Å². The lowest BCUT2D eigenvalue weighted by Crippen LogP contribution is -2.48. The molecule has 130 valence electrons. The zero-order valence-corrected chi connectivity index (χ0v) is 14.6.